The lowest BCUT2D eigenvalue weighted by molar-refractivity contribution is 0.0453. The van der Waals surface area contributed by atoms with E-state index in [4.69, 9.17) is 5.73 Å². The first-order valence-corrected chi connectivity index (χ1v) is 8.71. The number of fused-ring (bicyclic) bond motifs is 1. The molecule has 128 valence electrons. The van der Waals surface area contributed by atoms with Gasteiger partial charge in [0.05, 0.1) is 18.3 Å². The quantitative estimate of drug-likeness (QED) is 0.786. The summed E-state index contributed by atoms with van der Waals surface area (Å²) in [6.07, 6.45) is 0.0344. The lowest BCUT2D eigenvalue weighted by atomic mass is 9.84. The molecule has 1 aromatic carbocycles. The summed E-state index contributed by atoms with van der Waals surface area (Å²) >= 11 is 3.38. The number of nitrogen functional groups attached to an aromatic ring is 1. The number of rotatable bonds is 3. The largest absolute Gasteiger partial charge is 0.399 e. The maximum atomic E-state index is 13.2. The third kappa shape index (κ3) is 3.17. The van der Waals surface area contributed by atoms with E-state index in [9.17, 15) is 8.78 Å². The summed E-state index contributed by atoms with van der Waals surface area (Å²) in [7, 11) is 0. The van der Waals surface area contributed by atoms with Gasteiger partial charge >= 0.3 is 0 Å². The predicted molar refractivity (Wildman–Crippen MR) is 95.2 cm³/mol. The van der Waals surface area contributed by atoms with Crippen molar-refractivity contribution < 1.29 is 8.78 Å². The van der Waals surface area contributed by atoms with Gasteiger partial charge in [-0.1, -0.05) is 6.07 Å². The second-order valence-electron chi connectivity index (χ2n) is 6.29. The van der Waals surface area contributed by atoms with Gasteiger partial charge in [-0.05, 0) is 71.1 Å². The minimum Gasteiger partial charge on any atom is -0.399 e. The molecule has 2 aromatic rings. The fourth-order valence-electron chi connectivity index (χ4n) is 3.49. The molecular formula is C18H20BrF2N3. The Morgan fingerprint density at radius 1 is 1.33 bits per heavy atom. The molecule has 0 bridgehead atoms. The lowest BCUT2D eigenvalue weighted by Gasteiger charge is -2.42. The molecule has 24 heavy (non-hydrogen) atoms. The maximum Gasteiger partial charge on any atom is 0.251 e. The summed E-state index contributed by atoms with van der Waals surface area (Å²) in [5, 5.41) is 0. The molecule has 0 amide bonds. The highest BCUT2D eigenvalue weighted by molar-refractivity contribution is 9.10. The number of benzene rings is 1. The number of hydrogen-bond donors (Lipinski definition) is 1. The molecule has 6 heteroatoms. The highest BCUT2D eigenvalue weighted by atomic mass is 79.9. The van der Waals surface area contributed by atoms with Gasteiger partial charge in [-0.25, -0.2) is 8.78 Å². The fourth-order valence-corrected chi connectivity index (χ4v) is 3.73. The van der Waals surface area contributed by atoms with Crippen LogP contribution >= 0.6 is 15.9 Å². The van der Waals surface area contributed by atoms with E-state index in [-0.39, 0.29) is 18.6 Å². The van der Waals surface area contributed by atoms with E-state index in [1.165, 1.54) is 0 Å². The molecule has 0 fully saturated rings. The number of alkyl halides is 2. The van der Waals surface area contributed by atoms with E-state index >= 15 is 0 Å². The first-order valence-electron chi connectivity index (χ1n) is 7.91. The first-order chi connectivity index (χ1) is 11.4. The van der Waals surface area contributed by atoms with Crippen molar-refractivity contribution in [1.82, 2.24) is 9.88 Å². The Labute approximate surface area is 149 Å². The van der Waals surface area contributed by atoms with E-state index in [0.717, 1.165) is 32.5 Å². The molecule has 1 aliphatic rings. The third-order valence-electron chi connectivity index (χ3n) is 4.75. The van der Waals surface area contributed by atoms with E-state index in [2.05, 4.69) is 20.9 Å². The van der Waals surface area contributed by atoms with Gasteiger partial charge in [0.15, 0.2) is 0 Å². The molecule has 0 radical (unpaired) electrons. The monoisotopic (exact) mass is 395 g/mol. The van der Waals surface area contributed by atoms with Crippen molar-refractivity contribution in [2.24, 2.45) is 0 Å². The average molecular weight is 396 g/mol. The Balaban J connectivity index is 2.15. The summed E-state index contributed by atoms with van der Waals surface area (Å²) in [5.41, 5.74) is 10.8. The zero-order chi connectivity index (χ0) is 17.4. The van der Waals surface area contributed by atoms with E-state index in [1.807, 2.05) is 43.0 Å². The predicted octanol–water partition coefficient (Wildman–Crippen LogP) is 4.34. The van der Waals surface area contributed by atoms with Crippen LogP contribution in [0.4, 0.5) is 14.5 Å². The highest BCUT2D eigenvalue weighted by Crippen LogP contribution is 2.40. The Morgan fingerprint density at radius 2 is 2.08 bits per heavy atom. The van der Waals surface area contributed by atoms with Gasteiger partial charge in [-0.15, -0.1) is 0 Å². The number of anilines is 1. The van der Waals surface area contributed by atoms with Crippen LogP contribution in [-0.4, -0.2) is 28.9 Å². The van der Waals surface area contributed by atoms with Gasteiger partial charge in [0.2, 0.25) is 0 Å². The van der Waals surface area contributed by atoms with Crippen molar-refractivity contribution >= 4 is 21.6 Å². The standard InChI is InChI=1S/C18H20BrF2N3/c1-10-7-14-11(2)15(22)5-4-13(14)18(24(10)9-17(20)21)16-6-3-12(19)8-23-16/h3-6,8,10,17-18H,7,9,22H2,1-2H3/t10-,18?/m1/s1. The van der Waals surface area contributed by atoms with Crippen LogP contribution < -0.4 is 5.73 Å². The SMILES string of the molecule is Cc1c(N)ccc2c1C[C@@H](C)N(CC(F)F)C2c1ccc(Br)cn1. The second-order valence-corrected chi connectivity index (χ2v) is 7.21. The van der Waals surface area contributed by atoms with Crippen molar-refractivity contribution in [1.29, 1.82) is 0 Å². The Hall–Kier alpha value is -1.53. The van der Waals surface area contributed by atoms with Crippen LogP contribution in [0.3, 0.4) is 0 Å². The Bertz CT molecular complexity index is 734. The van der Waals surface area contributed by atoms with Gasteiger partial charge < -0.3 is 5.73 Å². The van der Waals surface area contributed by atoms with Crippen molar-refractivity contribution in [2.45, 2.75) is 38.8 Å². The van der Waals surface area contributed by atoms with Crippen LogP contribution in [0.15, 0.2) is 34.9 Å². The van der Waals surface area contributed by atoms with Crippen LogP contribution in [-0.2, 0) is 6.42 Å². The fraction of sp³-hybridized carbons (Fsp3) is 0.389. The number of pyridine rings is 1. The summed E-state index contributed by atoms with van der Waals surface area (Å²) in [5.74, 6) is 0. The molecule has 3 nitrogen and oxygen atoms in total. The summed E-state index contributed by atoms with van der Waals surface area (Å²) in [4.78, 5) is 6.33. The molecule has 1 aromatic heterocycles. The minimum atomic E-state index is -2.39. The third-order valence-corrected chi connectivity index (χ3v) is 5.22. The number of halogens is 3. The second kappa shape index (κ2) is 6.76. The first kappa shape index (κ1) is 17.3. The molecule has 2 atom stereocenters. The van der Waals surface area contributed by atoms with Gasteiger partial charge in [0, 0.05) is 22.4 Å². The normalized spacial score (nSPS) is 21.1. The zero-order valence-corrected chi connectivity index (χ0v) is 15.2. The molecule has 0 saturated carbocycles. The molecule has 2 heterocycles. The number of hydrogen-bond acceptors (Lipinski definition) is 3. The van der Waals surface area contributed by atoms with Crippen LogP contribution in [0, 0.1) is 6.92 Å². The molecule has 3 rings (SSSR count). The molecule has 1 aliphatic heterocycles. The van der Waals surface area contributed by atoms with Crippen LogP contribution in [0.2, 0.25) is 0 Å². The van der Waals surface area contributed by atoms with Crippen LogP contribution in [0.1, 0.15) is 35.3 Å². The Kier molecular flexibility index (Phi) is 4.88. The molecule has 1 unspecified atom stereocenters. The van der Waals surface area contributed by atoms with E-state index in [0.29, 0.717) is 6.42 Å². The van der Waals surface area contributed by atoms with Crippen molar-refractivity contribution in [3.05, 3.63) is 57.3 Å². The van der Waals surface area contributed by atoms with Crippen molar-refractivity contribution in [3.8, 4) is 0 Å². The molecule has 0 spiro atoms. The topological polar surface area (TPSA) is 42.1 Å². The van der Waals surface area contributed by atoms with Gasteiger partial charge in [-0.3, -0.25) is 9.88 Å². The minimum absolute atomic E-state index is 0.0116. The molecular weight excluding hydrogens is 376 g/mol. The Morgan fingerprint density at radius 3 is 2.71 bits per heavy atom. The van der Waals surface area contributed by atoms with Crippen molar-refractivity contribution in [3.63, 3.8) is 0 Å². The maximum absolute atomic E-state index is 13.2. The van der Waals surface area contributed by atoms with E-state index in [1.54, 1.807) is 6.20 Å². The number of aromatic nitrogens is 1. The van der Waals surface area contributed by atoms with Gasteiger partial charge in [0.25, 0.3) is 6.43 Å². The summed E-state index contributed by atoms with van der Waals surface area (Å²) in [6.45, 7) is 3.71. The zero-order valence-electron chi connectivity index (χ0n) is 13.6. The molecule has 0 aliphatic carbocycles. The summed E-state index contributed by atoms with van der Waals surface area (Å²) in [6, 6.07) is 7.30. The molecule has 2 N–H and O–H groups in total. The lowest BCUT2D eigenvalue weighted by Crippen LogP contribution is -2.45. The van der Waals surface area contributed by atoms with Crippen LogP contribution in [0.5, 0.6) is 0 Å². The number of nitrogens with zero attached hydrogens (tertiary/aromatic N) is 2. The van der Waals surface area contributed by atoms with Crippen molar-refractivity contribution in [2.75, 3.05) is 12.3 Å². The number of nitrogens with two attached hydrogens (primary N) is 1. The van der Waals surface area contributed by atoms with E-state index < -0.39 is 6.43 Å². The highest BCUT2D eigenvalue weighted by Gasteiger charge is 2.36. The summed E-state index contributed by atoms with van der Waals surface area (Å²) < 4.78 is 27.2. The van der Waals surface area contributed by atoms with Gasteiger partial charge in [-0.2, -0.15) is 0 Å². The smallest absolute Gasteiger partial charge is 0.251 e. The molecule has 0 saturated heterocycles. The van der Waals surface area contributed by atoms with Crippen LogP contribution in [0.25, 0.3) is 0 Å². The van der Waals surface area contributed by atoms with Gasteiger partial charge in [0.1, 0.15) is 0 Å². The average Bonchev–Trinajstić information content (AvgIpc) is 2.53.